The van der Waals surface area contributed by atoms with Gasteiger partial charge in [-0.3, -0.25) is 4.90 Å². The molecule has 1 atom stereocenters. The van der Waals surface area contributed by atoms with Gasteiger partial charge in [0.1, 0.15) is 5.82 Å². The van der Waals surface area contributed by atoms with Gasteiger partial charge >= 0.3 is 0 Å². The standard InChI is InChI=1S/C23H26N4O/c1-2-7-18(8-3-1)22-24-21-11-5-4-10-20(21)23(25-22)27-12-6-9-19(17-27)26-13-15-28-16-14-26/h1-5,7-8,10-11,19H,6,9,12-17H2. The second-order valence-electron chi connectivity index (χ2n) is 7.64. The zero-order valence-electron chi connectivity index (χ0n) is 16.1. The first-order valence-electron chi connectivity index (χ1n) is 10.3. The zero-order valence-corrected chi connectivity index (χ0v) is 16.1. The molecule has 5 nitrogen and oxygen atoms in total. The number of nitrogens with zero attached hydrogens (tertiary/aromatic N) is 4. The van der Waals surface area contributed by atoms with E-state index in [2.05, 4.69) is 46.2 Å². The Morgan fingerprint density at radius 1 is 0.857 bits per heavy atom. The van der Waals surface area contributed by atoms with Crippen molar-refractivity contribution in [2.75, 3.05) is 44.3 Å². The number of anilines is 1. The minimum Gasteiger partial charge on any atom is -0.379 e. The highest BCUT2D eigenvalue weighted by molar-refractivity contribution is 5.91. The number of benzene rings is 2. The molecular weight excluding hydrogens is 348 g/mol. The number of para-hydroxylation sites is 1. The highest BCUT2D eigenvalue weighted by Gasteiger charge is 2.28. The predicted molar refractivity (Wildman–Crippen MR) is 113 cm³/mol. The van der Waals surface area contributed by atoms with Crippen LogP contribution >= 0.6 is 0 Å². The Balaban J connectivity index is 1.52. The van der Waals surface area contributed by atoms with Crippen LogP contribution < -0.4 is 4.90 Å². The maximum absolute atomic E-state index is 5.55. The quantitative estimate of drug-likeness (QED) is 0.701. The minimum atomic E-state index is 0.576. The maximum atomic E-state index is 5.55. The van der Waals surface area contributed by atoms with E-state index in [-0.39, 0.29) is 0 Å². The molecule has 2 aromatic carbocycles. The second kappa shape index (κ2) is 7.86. The molecule has 5 heteroatoms. The maximum Gasteiger partial charge on any atom is 0.162 e. The lowest BCUT2D eigenvalue weighted by atomic mass is 10.0. The summed E-state index contributed by atoms with van der Waals surface area (Å²) in [5.74, 6) is 1.88. The first-order valence-corrected chi connectivity index (χ1v) is 10.3. The molecule has 2 fully saturated rings. The molecule has 0 N–H and O–H groups in total. The van der Waals surface area contributed by atoms with Gasteiger partial charge in [0.25, 0.3) is 0 Å². The van der Waals surface area contributed by atoms with E-state index in [9.17, 15) is 0 Å². The molecule has 0 radical (unpaired) electrons. The van der Waals surface area contributed by atoms with Gasteiger partial charge in [-0.15, -0.1) is 0 Å². The lowest BCUT2D eigenvalue weighted by Crippen LogP contribution is -2.51. The molecule has 0 spiro atoms. The van der Waals surface area contributed by atoms with E-state index in [0.717, 1.165) is 67.5 Å². The average molecular weight is 374 g/mol. The lowest BCUT2D eigenvalue weighted by molar-refractivity contribution is 0.0137. The topological polar surface area (TPSA) is 41.5 Å². The van der Waals surface area contributed by atoms with E-state index < -0.39 is 0 Å². The molecule has 2 aliphatic rings. The summed E-state index contributed by atoms with van der Waals surface area (Å²) in [6, 6.07) is 19.2. The molecule has 144 valence electrons. The van der Waals surface area contributed by atoms with E-state index in [1.165, 1.54) is 12.8 Å². The Bertz CT molecular complexity index is 940. The van der Waals surface area contributed by atoms with Crippen molar-refractivity contribution in [3.8, 4) is 11.4 Å². The summed E-state index contributed by atoms with van der Waals surface area (Å²) in [7, 11) is 0. The molecular formula is C23H26N4O. The van der Waals surface area contributed by atoms with Gasteiger partial charge in [-0.25, -0.2) is 9.97 Å². The predicted octanol–water partition coefficient (Wildman–Crippen LogP) is 3.60. The molecule has 2 aliphatic heterocycles. The smallest absolute Gasteiger partial charge is 0.162 e. The van der Waals surface area contributed by atoms with Crippen LogP contribution in [-0.4, -0.2) is 60.3 Å². The van der Waals surface area contributed by atoms with Crippen LogP contribution in [0.5, 0.6) is 0 Å². The summed E-state index contributed by atoms with van der Waals surface area (Å²) < 4.78 is 5.55. The number of morpholine rings is 1. The van der Waals surface area contributed by atoms with Crippen LogP contribution in [-0.2, 0) is 4.74 Å². The van der Waals surface area contributed by atoms with Gasteiger partial charge in [0.05, 0.1) is 18.7 Å². The van der Waals surface area contributed by atoms with Crippen LogP contribution in [0.4, 0.5) is 5.82 Å². The van der Waals surface area contributed by atoms with Crippen LogP contribution in [0.3, 0.4) is 0 Å². The van der Waals surface area contributed by atoms with Crippen LogP contribution in [0.25, 0.3) is 22.3 Å². The third kappa shape index (κ3) is 3.48. The number of aromatic nitrogens is 2. The Labute approximate surface area is 166 Å². The number of fused-ring (bicyclic) bond motifs is 1. The van der Waals surface area contributed by atoms with Crippen molar-refractivity contribution in [3.05, 3.63) is 54.6 Å². The summed E-state index contributed by atoms with van der Waals surface area (Å²) in [5.41, 5.74) is 2.08. The van der Waals surface area contributed by atoms with E-state index in [1.54, 1.807) is 0 Å². The third-order valence-electron chi connectivity index (χ3n) is 5.87. The fourth-order valence-electron chi connectivity index (χ4n) is 4.41. The fourth-order valence-corrected chi connectivity index (χ4v) is 4.41. The van der Waals surface area contributed by atoms with Gasteiger partial charge in [0, 0.05) is 43.2 Å². The van der Waals surface area contributed by atoms with Gasteiger partial charge in [0.15, 0.2) is 5.82 Å². The van der Waals surface area contributed by atoms with E-state index in [0.29, 0.717) is 6.04 Å². The summed E-state index contributed by atoms with van der Waals surface area (Å²) in [6.45, 7) is 5.86. The largest absolute Gasteiger partial charge is 0.379 e. The van der Waals surface area contributed by atoms with Crippen molar-refractivity contribution in [1.29, 1.82) is 0 Å². The molecule has 1 unspecified atom stereocenters. The highest BCUT2D eigenvalue weighted by atomic mass is 16.5. The normalized spacial score (nSPS) is 21.1. The van der Waals surface area contributed by atoms with Gasteiger partial charge < -0.3 is 9.64 Å². The first kappa shape index (κ1) is 17.6. The summed E-state index contributed by atoms with van der Waals surface area (Å²) >= 11 is 0. The number of ether oxygens (including phenoxy) is 1. The number of rotatable bonds is 3. The summed E-state index contributed by atoms with van der Waals surface area (Å²) in [4.78, 5) is 15.0. The van der Waals surface area contributed by atoms with Gasteiger partial charge in [0.2, 0.25) is 0 Å². The van der Waals surface area contributed by atoms with Crippen LogP contribution in [0, 0.1) is 0 Å². The van der Waals surface area contributed by atoms with Crippen molar-refractivity contribution in [1.82, 2.24) is 14.9 Å². The number of hydrogen-bond acceptors (Lipinski definition) is 5. The van der Waals surface area contributed by atoms with Crippen molar-refractivity contribution < 1.29 is 4.74 Å². The van der Waals surface area contributed by atoms with E-state index >= 15 is 0 Å². The SMILES string of the molecule is c1ccc(-c2nc(N3CCCC(N4CCOCC4)C3)c3ccccc3n2)cc1. The molecule has 0 bridgehead atoms. The van der Waals surface area contributed by atoms with Gasteiger partial charge in [-0.1, -0.05) is 42.5 Å². The summed E-state index contributed by atoms with van der Waals surface area (Å²) in [6.07, 6.45) is 2.45. The molecule has 5 rings (SSSR count). The Morgan fingerprint density at radius 2 is 1.64 bits per heavy atom. The van der Waals surface area contributed by atoms with Crippen molar-refractivity contribution in [3.63, 3.8) is 0 Å². The Kier molecular flexibility index (Phi) is 4.93. The molecule has 3 heterocycles. The average Bonchev–Trinajstić information content (AvgIpc) is 2.79. The molecule has 28 heavy (non-hydrogen) atoms. The van der Waals surface area contributed by atoms with Crippen molar-refractivity contribution >= 4 is 16.7 Å². The monoisotopic (exact) mass is 374 g/mol. The fraction of sp³-hybridized carbons (Fsp3) is 0.391. The Morgan fingerprint density at radius 3 is 2.50 bits per heavy atom. The second-order valence-corrected chi connectivity index (χ2v) is 7.64. The molecule has 1 aromatic heterocycles. The number of piperidine rings is 1. The third-order valence-corrected chi connectivity index (χ3v) is 5.87. The van der Waals surface area contributed by atoms with Gasteiger partial charge in [-0.05, 0) is 25.0 Å². The first-order chi connectivity index (χ1) is 13.9. The zero-order chi connectivity index (χ0) is 18.8. The Hall–Kier alpha value is -2.50. The van der Waals surface area contributed by atoms with Gasteiger partial charge in [-0.2, -0.15) is 0 Å². The van der Waals surface area contributed by atoms with Crippen molar-refractivity contribution in [2.45, 2.75) is 18.9 Å². The molecule has 0 amide bonds. The minimum absolute atomic E-state index is 0.576. The van der Waals surface area contributed by atoms with Crippen LogP contribution in [0.15, 0.2) is 54.6 Å². The van der Waals surface area contributed by atoms with E-state index in [4.69, 9.17) is 14.7 Å². The van der Waals surface area contributed by atoms with Crippen LogP contribution in [0.1, 0.15) is 12.8 Å². The van der Waals surface area contributed by atoms with E-state index in [1.807, 2.05) is 18.2 Å². The van der Waals surface area contributed by atoms with Crippen LogP contribution in [0.2, 0.25) is 0 Å². The lowest BCUT2D eigenvalue weighted by Gasteiger charge is -2.41. The highest BCUT2D eigenvalue weighted by Crippen LogP contribution is 2.30. The van der Waals surface area contributed by atoms with Crippen molar-refractivity contribution in [2.24, 2.45) is 0 Å². The molecule has 0 aliphatic carbocycles. The number of hydrogen-bond donors (Lipinski definition) is 0. The molecule has 3 aromatic rings. The molecule has 2 saturated heterocycles. The molecule has 0 saturated carbocycles. The summed E-state index contributed by atoms with van der Waals surface area (Å²) in [5, 5.41) is 1.14.